The van der Waals surface area contributed by atoms with Crippen LogP contribution < -0.4 is 0 Å². The molecule has 0 spiro atoms. The molecule has 2 nitrogen and oxygen atoms in total. The number of para-hydroxylation sites is 1. The van der Waals surface area contributed by atoms with Gasteiger partial charge >= 0.3 is 0 Å². The molecular weight excluding hydrogens is 266 g/mol. The Hall–Kier alpha value is -1.09. The fourth-order valence-electron chi connectivity index (χ4n) is 1.96. The van der Waals surface area contributed by atoms with E-state index < -0.39 is 0 Å². The van der Waals surface area contributed by atoms with Crippen molar-refractivity contribution < 1.29 is 4.79 Å². The lowest BCUT2D eigenvalue weighted by atomic mass is 10.1. The van der Waals surface area contributed by atoms with Gasteiger partial charge in [-0.2, -0.15) is 0 Å². The van der Waals surface area contributed by atoms with E-state index in [-0.39, 0.29) is 5.78 Å². The molecule has 1 heterocycles. The molecule has 0 fully saturated rings. The Morgan fingerprint density at radius 1 is 1.38 bits per heavy atom. The van der Waals surface area contributed by atoms with Crippen LogP contribution in [-0.2, 0) is 0 Å². The van der Waals surface area contributed by atoms with Gasteiger partial charge in [0.25, 0.3) is 0 Å². The Bertz CT molecular complexity index is 554. The number of ketones is 1. The smallest absolute Gasteiger partial charge is 0.161 e. The van der Waals surface area contributed by atoms with E-state index in [4.69, 9.17) is 0 Å². The van der Waals surface area contributed by atoms with Crippen molar-refractivity contribution in [3.63, 3.8) is 0 Å². The van der Waals surface area contributed by atoms with Crippen LogP contribution in [0.15, 0.2) is 28.9 Å². The van der Waals surface area contributed by atoms with E-state index in [0.29, 0.717) is 6.04 Å². The van der Waals surface area contributed by atoms with Crippen LogP contribution in [-0.4, -0.2) is 10.4 Å². The van der Waals surface area contributed by atoms with Crippen molar-refractivity contribution in [3.05, 3.63) is 34.4 Å². The van der Waals surface area contributed by atoms with Gasteiger partial charge in [0.05, 0.1) is 5.52 Å². The Balaban J connectivity index is 2.87. The molecule has 0 amide bonds. The highest BCUT2D eigenvalue weighted by atomic mass is 79.9. The summed E-state index contributed by atoms with van der Waals surface area (Å²) in [5, 5.41) is 1.02. The lowest BCUT2D eigenvalue weighted by Crippen LogP contribution is -1.98. The molecule has 0 saturated heterocycles. The van der Waals surface area contributed by atoms with Gasteiger partial charge in [-0.15, -0.1) is 0 Å². The first kappa shape index (κ1) is 11.4. The zero-order valence-corrected chi connectivity index (χ0v) is 11.2. The van der Waals surface area contributed by atoms with E-state index in [1.165, 1.54) is 0 Å². The molecule has 0 N–H and O–H groups in total. The Morgan fingerprint density at radius 3 is 2.62 bits per heavy atom. The number of rotatable bonds is 2. The summed E-state index contributed by atoms with van der Waals surface area (Å²) in [4.78, 5) is 11.6. The topological polar surface area (TPSA) is 22.0 Å². The number of carbonyl (C=O) groups is 1. The Morgan fingerprint density at radius 2 is 2.06 bits per heavy atom. The molecule has 2 rings (SSSR count). The van der Waals surface area contributed by atoms with Gasteiger partial charge in [0.1, 0.15) is 0 Å². The highest BCUT2D eigenvalue weighted by molar-refractivity contribution is 9.10. The third-order valence-electron chi connectivity index (χ3n) is 2.74. The molecular formula is C13H14BrNO. The molecule has 1 aromatic heterocycles. The first-order chi connectivity index (χ1) is 7.52. The second-order valence-corrected chi connectivity index (χ2v) is 5.09. The average Bonchev–Trinajstić information content (AvgIpc) is 2.58. The predicted molar refractivity (Wildman–Crippen MR) is 70.0 cm³/mol. The summed E-state index contributed by atoms with van der Waals surface area (Å²) in [5.41, 5.74) is 1.90. The minimum atomic E-state index is 0.113. The highest BCUT2D eigenvalue weighted by Crippen LogP contribution is 2.30. The molecule has 0 saturated carbocycles. The summed E-state index contributed by atoms with van der Waals surface area (Å²) in [6.45, 7) is 5.84. The molecule has 0 aliphatic carbocycles. The van der Waals surface area contributed by atoms with Crippen LogP contribution >= 0.6 is 15.9 Å². The van der Waals surface area contributed by atoms with Gasteiger partial charge in [-0.3, -0.25) is 4.79 Å². The number of fused-ring (bicyclic) bond motifs is 1. The van der Waals surface area contributed by atoms with Crippen LogP contribution in [0.4, 0.5) is 0 Å². The molecule has 0 aliphatic rings. The monoisotopic (exact) mass is 279 g/mol. The van der Waals surface area contributed by atoms with Gasteiger partial charge in [-0.25, -0.2) is 0 Å². The molecule has 2 aromatic rings. The van der Waals surface area contributed by atoms with Crippen LogP contribution in [0.1, 0.15) is 37.2 Å². The summed E-state index contributed by atoms with van der Waals surface area (Å²) >= 11 is 3.55. The molecule has 0 unspecified atom stereocenters. The quantitative estimate of drug-likeness (QED) is 0.756. The van der Waals surface area contributed by atoms with Crippen LogP contribution in [0.3, 0.4) is 0 Å². The van der Waals surface area contributed by atoms with Crippen molar-refractivity contribution in [2.45, 2.75) is 26.8 Å². The number of aromatic nitrogens is 1. The van der Waals surface area contributed by atoms with Crippen molar-refractivity contribution in [3.8, 4) is 0 Å². The van der Waals surface area contributed by atoms with Crippen molar-refractivity contribution in [1.82, 2.24) is 4.57 Å². The predicted octanol–water partition coefficient (Wildman–Crippen LogP) is 4.19. The van der Waals surface area contributed by atoms with E-state index in [1.54, 1.807) is 6.92 Å². The van der Waals surface area contributed by atoms with Crippen molar-refractivity contribution >= 4 is 32.6 Å². The Labute approximate surface area is 103 Å². The fraction of sp³-hybridized carbons (Fsp3) is 0.308. The summed E-state index contributed by atoms with van der Waals surface area (Å²) in [5.74, 6) is 0.113. The maximum Gasteiger partial charge on any atom is 0.161 e. The second-order valence-electron chi connectivity index (χ2n) is 4.24. The second kappa shape index (κ2) is 4.06. The standard InChI is InChI=1S/C13H14BrNO/c1-8(2)15-7-11(9(3)16)10-5-4-6-12(14)13(10)15/h4-8H,1-3H3. The molecule has 0 aliphatic heterocycles. The van der Waals surface area contributed by atoms with Crippen molar-refractivity contribution in [2.24, 2.45) is 0 Å². The summed E-state index contributed by atoms with van der Waals surface area (Å²) in [6, 6.07) is 6.30. The number of carbonyl (C=O) groups excluding carboxylic acids is 1. The number of benzene rings is 1. The van der Waals surface area contributed by atoms with Crippen LogP contribution in [0, 0.1) is 0 Å². The van der Waals surface area contributed by atoms with Gasteiger partial charge in [0.15, 0.2) is 5.78 Å². The molecule has 16 heavy (non-hydrogen) atoms. The molecule has 0 atom stereocenters. The van der Waals surface area contributed by atoms with Crippen LogP contribution in [0.5, 0.6) is 0 Å². The van der Waals surface area contributed by atoms with Crippen molar-refractivity contribution in [1.29, 1.82) is 0 Å². The zero-order valence-electron chi connectivity index (χ0n) is 9.62. The first-order valence-corrected chi connectivity index (χ1v) is 6.11. The molecule has 0 radical (unpaired) electrons. The average molecular weight is 280 g/mol. The number of halogens is 1. The fourth-order valence-corrected chi connectivity index (χ4v) is 2.53. The number of hydrogen-bond acceptors (Lipinski definition) is 1. The van der Waals surface area contributed by atoms with E-state index in [2.05, 4.69) is 34.3 Å². The zero-order chi connectivity index (χ0) is 11.9. The summed E-state index contributed by atoms with van der Waals surface area (Å²) in [7, 11) is 0. The molecule has 3 heteroatoms. The van der Waals surface area contributed by atoms with E-state index in [1.807, 2.05) is 24.4 Å². The van der Waals surface area contributed by atoms with Gasteiger partial charge in [0.2, 0.25) is 0 Å². The minimum Gasteiger partial charge on any atom is -0.343 e. The maximum absolute atomic E-state index is 11.6. The highest BCUT2D eigenvalue weighted by Gasteiger charge is 2.15. The third kappa shape index (κ3) is 1.69. The number of hydrogen-bond donors (Lipinski definition) is 0. The Kier molecular flexibility index (Phi) is 2.89. The number of Topliss-reactive ketones (excluding diaryl/α,β-unsaturated/α-hetero) is 1. The van der Waals surface area contributed by atoms with Crippen molar-refractivity contribution in [2.75, 3.05) is 0 Å². The lowest BCUT2D eigenvalue weighted by molar-refractivity contribution is 0.101. The minimum absolute atomic E-state index is 0.113. The van der Waals surface area contributed by atoms with Crippen LogP contribution in [0.25, 0.3) is 10.9 Å². The van der Waals surface area contributed by atoms with E-state index in [0.717, 1.165) is 20.9 Å². The molecule has 84 valence electrons. The lowest BCUT2D eigenvalue weighted by Gasteiger charge is -2.09. The normalized spacial score (nSPS) is 11.3. The molecule has 0 bridgehead atoms. The summed E-state index contributed by atoms with van der Waals surface area (Å²) < 4.78 is 3.17. The van der Waals surface area contributed by atoms with Gasteiger partial charge in [-0.05, 0) is 42.8 Å². The number of nitrogens with zero attached hydrogens (tertiary/aromatic N) is 1. The third-order valence-corrected chi connectivity index (χ3v) is 3.38. The summed E-state index contributed by atoms with van der Waals surface area (Å²) in [6.07, 6.45) is 1.95. The van der Waals surface area contributed by atoms with Gasteiger partial charge in [0, 0.05) is 27.7 Å². The van der Waals surface area contributed by atoms with E-state index in [9.17, 15) is 4.79 Å². The van der Waals surface area contributed by atoms with E-state index >= 15 is 0 Å². The van der Waals surface area contributed by atoms with Gasteiger partial charge in [-0.1, -0.05) is 12.1 Å². The SMILES string of the molecule is CC(=O)c1cn(C(C)C)c2c(Br)cccc12. The van der Waals surface area contributed by atoms with Gasteiger partial charge < -0.3 is 4.57 Å². The largest absolute Gasteiger partial charge is 0.343 e. The first-order valence-electron chi connectivity index (χ1n) is 5.32. The maximum atomic E-state index is 11.6. The molecule has 1 aromatic carbocycles. The van der Waals surface area contributed by atoms with Crippen LogP contribution in [0.2, 0.25) is 0 Å².